The molecule has 0 aromatic heterocycles. The Hall–Kier alpha value is 0.250. The van der Waals surface area contributed by atoms with Crippen molar-refractivity contribution in [2.75, 3.05) is 7.11 Å². The minimum absolute atomic E-state index is 0.116. The monoisotopic (exact) mass is 122 g/mol. The van der Waals surface area contributed by atoms with Crippen LogP contribution in [0.3, 0.4) is 0 Å². The van der Waals surface area contributed by atoms with Crippen molar-refractivity contribution in [3.05, 3.63) is 0 Å². The molecule has 0 aromatic rings. The minimum Gasteiger partial charge on any atom is -0.380 e. The molecule has 1 unspecified atom stereocenters. The third-order valence-corrected chi connectivity index (χ3v) is 1.37. The third-order valence-electron chi connectivity index (χ3n) is 1.02. The fraction of sp³-hybridized carbons (Fsp3) is 1.00. The summed E-state index contributed by atoms with van der Waals surface area (Å²) in [6.45, 7) is 3.85. The van der Waals surface area contributed by atoms with Gasteiger partial charge in [0.25, 0.3) is 0 Å². The molecule has 0 saturated carbocycles. The Morgan fingerprint density at radius 2 is 1.86 bits per heavy atom. The Bertz CT molecular complexity index is 45.3. The molecule has 0 N–H and O–H groups in total. The van der Waals surface area contributed by atoms with Gasteiger partial charge in [0.05, 0.1) is 11.5 Å². The number of hydrogen-bond acceptors (Lipinski definition) is 1. The molecular weight excluding hydrogens is 112 g/mol. The molecule has 0 saturated heterocycles. The van der Waals surface area contributed by atoms with Gasteiger partial charge in [0.1, 0.15) is 0 Å². The van der Waals surface area contributed by atoms with Gasteiger partial charge in [-0.1, -0.05) is 0 Å². The largest absolute Gasteiger partial charge is 0.380 e. The van der Waals surface area contributed by atoms with Crippen molar-refractivity contribution in [1.29, 1.82) is 0 Å². The smallest absolute Gasteiger partial charge is 0.0703 e. The highest BCUT2D eigenvalue weighted by molar-refractivity contribution is 6.20. The summed E-state index contributed by atoms with van der Waals surface area (Å²) in [5, 5.41) is 0.116. The van der Waals surface area contributed by atoms with Crippen LogP contribution in [0.25, 0.3) is 0 Å². The molecule has 1 nitrogen and oxygen atoms in total. The lowest BCUT2D eigenvalue weighted by molar-refractivity contribution is 0.118. The second kappa shape index (κ2) is 3.28. The first-order valence-corrected chi connectivity index (χ1v) is 2.79. The highest BCUT2D eigenvalue weighted by Crippen LogP contribution is 2.02. The number of ether oxygens (including phenoxy) is 1. The van der Waals surface area contributed by atoms with Crippen molar-refractivity contribution in [2.45, 2.75) is 25.3 Å². The van der Waals surface area contributed by atoms with Gasteiger partial charge in [0, 0.05) is 7.11 Å². The molecule has 0 bridgehead atoms. The molecule has 0 amide bonds. The van der Waals surface area contributed by atoms with E-state index in [-0.39, 0.29) is 11.5 Å². The highest BCUT2D eigenvalue weighted by Gasteiger charge is 2.04. The van der Waals surface area contributed by atoms with Crippen molar-refractivity contribution in [3.63, 3.8) is 0 Å². The number of alkyl halides is 1. The highest BCUT2D eigenvalue weighted by atomic mass is 35.5. The van der Waals surface area contributed by atoms with E-state index in [1.807, 2.05) is 13.8 Å². The van der Waals surface area contributed by atoms with E-state index >= 15 is 0 Å². The molecule has 2 heteroatoms. The van der Waals surface area contributed by atoms with Crippen LogP contribution in [0.5, 0.6) is 0 Å². The predicted octanol–water partition coefficient (Wildman–Crippen LogP) is 1.65. The van der Waals surface area contributed by atoms with E-state index in [4.69, 9.17) is 16.3 Å². The van der Waals surface area contributed by atoms with Crippen LogP contribution >= 0.6 is 11.6 Å². The van der Waals surface area contributed by atoms with Gasteiger partial charge in [-0.2, -0.15) is 0 Å². The van der Waals surface area contributed by atoms with Crippen molar-refractivity contribution in [3.8, 4) is 0 Å². The van der Waals surface area contributed by atoms with Crippen molar-refractivity contribution >= 4 is 11.6 Å². The zero-order chi connectivity index (χ0) is 5.86. The second-order valence-corrected chi connectivity index (χ2v) is 2.31. The summed E-state index contributed by atoms with van der Waals surface area (Å²) >= 11 is 5.60. The minimum atomic E-state index is 0.116. The lowest BCUT2D eigenvalue weighted by Crippen LogP contribution is -2.15. The van der Waals surface area contributed by atoms with Crippen molar-refractivity contribution in [1.82, 2.24) is 0 Å². The van der Waals surface area contributed by atoms with Gasteiger partial charge in [0.2, 0.25) is 0 Å². The van der Waals surface area contributed by atoms with Gasteiger partial charge in [-0.15, -0.1) is 11.6 Å². The number of rotatable bonds is 2. The molecule has 0 radical (unpaired) electrons. The first-order valence-electron chi connectivity index (χ1n) is 2.35. The average molecular weight is 123 g/mol. The average Bonchev–Trinajstić information content (AvgIpc) is 1.65. The van der Waals surface area contributed by atoms with E-state index in [0.717, 1.165) is 0 Å². The zero-order valence-corrected chi connectivity index (χ0v) is 5.70. The van der Waals surface area contributed by atoms with Crippen molar-refractivity contribution < 1.29 is 4.74 Å². The van der Waals surface area contributed by atoms with Gasteiger partial charge in [0.15, 0.2) is 0 Å². The number of methoxy groups -OCH3 is 1. The lowest BCUT2D eigenvalue weighted by atomic mass is 10.3. The molecule has 0 fully saturated rings. The molecule has 0 aliphatic carbocycles. The molecule has 0 aromatic carbocycles. The summed E-state index contributed by atoms with van der Waals surface area (Å²) in [4.78, 5) is 0. The van der Waals surface area contributed by atoms with Crippen molar-refractivity contribution in [2.24, 2.45) is 0 Å². The molecular formula is C5H11ClO. The lowest BCUT2D eigenvalue weighted by Gasteiger charge is -2.09. The Labute approximate surface area is 49.6 Å². The van der Waals surface area contributed by atoms with Gasteiger partial charge < -0.3 is 4.74 Å². The summed E-state index contributed by atoms with van der Waals surface area (Å²) < 4.78 is 4.88. The topological polar surface area (TPSA) is 9.23 Å². The molecule has 0 heterocycles. The SMILES string of the molecule is COC(C)[C@@H](C)Cl. The Balaban J connectivity index is 3.14. The molecule has 44 valence electrons. The third kappa shape index (κ3) is 2.89. The van der Waals surface area contributed by atoms with Crippen LogP contribution in [0.2, 0.25) is 0 Å². The van der Waals surface area contributed by atoms with Crippen LogP contribution in [0.15, 0.2) is 0 Å². The van der Waals surface area contributed by atoms with Gasteiger partial charge in [-0.05, 0) is 13.8 Å². The molecule has 0 rings (SSSR count). The summed E-state index contributed by atoms with van der Waals surface area (Å²) in [7, 11) is 1.66. The van der Waals surface area contributed by atoms with Crippen LogP contribution in [0, 0.1) is 0 Å². The molecule has 0 spiro atoms. The normalized spacial score (nSPS) is 18.9. The van der Waals surface area contributed by atoms with E-state index in [2.05, 4.69) is 0 Å². The van der Waals surface area contributed by atoms with Crippen LogP contribution in [0.4, 0.5) is 0 Å². The number of hydrogen-bond donors (Lipinski definition) is 0. The fourth-order valence-corrected chi connectivity index (χ4v) is 0.290. The quantitative estimate of drug-likeness (QED) is 0.506. The van der Waals surface area contributed by atoms with Crippen LogP contribution in [-0.2, 0) is 4.74 Å². The summed E-state index contributed by atoms with van der Waals surface area (Å²) in [5.41, 5.74) is 0. The molecule has 0 aliphatic rings. The standard InChI is InChI=1S/C5H11ClO/c1-4(6)5(2)7-3/h4-5H,1-3H3/t4-,5?/m1/s1. The van der Waals surface area contributed by atoms with E-state index in [0.29, 0.717) is 0 Å². The summed E-state index contributed by atoms with van der Waals surface area (Å²) in [6.07, 6.45) is 0.168. The maximum atomic E-state index is 5.60. The van der Waals surface area contributed by atoms with Crippen LogP contribution in [0.1, 0.15) is 13.8 Å². The Kier molecular flexibility index (Phi) is 3.39. The van der Waals surface area contributed by atoms with E-state index < -0.39 is 0 Å². The van der Waals surface area contributed by atoms with Crippen LogP contribution in [-0.4, -0.2) is 18.6 Å². The molecule has 7 heavy (non-hydrogen) atoms. The zero-order valence-electron chi connectivity index (χ0n) is 4.94. The van der Waals surface area contributed by atoms with Crippen LogP contribution < -0.4 is 0 Å². The summed E-state index contributed by atoms with van der Waals surface area (Å²) in [5.74, 6) is 0. The first-order chi connectivity index (χ1) is 3.18. The number of halogens is 1. The first kappa shape index (κ1) is 7.25. The Morgan fingerprint density at radius 1 is 1.43 bits per heavy atom. The molecule has 0 aliphatic heterocycles. The van der Waals surface area contributed by atoms with Gasteiger partial charge in [-0.25, -0.2) is 0 Å². The van der Waals surface area contributed by atoms with E-state index in [1.54, 1.807) is 7.11 Å². The predicted molar refractivity (Wildman–Crippen MR) is 31.8 cm³/mol. The Morgan fingerprint density at radius 3 is 1.86 bits per heavy atom. The van der Waals surface area contributed by atoms with Gasteiger partial charge >= 0.3 is 0 Å². The fourth-order valence-electron chi connectivity index (χ4n) is 0.188. The van der Waals surface area contributed by atoms with E-state index in [9.17, 15) is 0 Å². The maximum Gasteiger partial charge on any atom is 0.0703 e. The summed E-state index contributed by atoms with van der Waals surface area (Å²) in [6, 6.07) is 0. The molecule has 2 atom stereocenters. The second-order valence-electron chi connectivity index (χ2n) is 1.62. The van der Waals surface area contributed by atoms with E-state index in [1.165, 1.54) is 0 Å². The van der Waals surface area contributed by atoms with Gasteiger partial charge in [-0.3, -0.25) is 0 Å². The maximum absolute atomic E-state index is 5.60.